The lowest BCUT2D eigenvalue weighted by molar-refractivity contribution is 1.39. The zero-order valence-corrected chi connectivity index (χ0v) is 30.1. The molecule has 0 spiro atoms. The normalized spacial score (nSPS) is 11.9. The van der Waals surface area contributed by atoms with Crippen molar-refractivity contribution in [3.05, 3.63) is 181 Å². The molecule has 0 aliphatic heterocycles. The van der Waals surface area contributed by atoms with Crippen LogP contribution in [0.2, 0.25) is 0 Å². The molecule has 2 nitrogen and oxygen atoms in total. The third-order valence-corrected chi connectivity index (χ3v) is 11.6. The van der Waals surface area contributed by atoms with Crippen LogP contribution in [0.3, 0.4) is 0 Å². The minimum atomic E-state index is 0.985. The van der Waals surface area contributed by atoms with Crippen molar-refractivity contribution in [3.8, 4) is 33.6 Å². The molecule has 0 N–H and O–H groups in total. The molecule has 54 heavy (non-hydrogen) atoms. The topological polar surface area (TPSA) is 25.8 Å². The number of aryl methyl sites for hydroxylation is 2. The van der Waals surface area contributed by atoms with Gasteiger partial charge in [0, 0.05) is 32.7 Å². The number of fused-ring (bicyclic) bond motifs is 12. The Hall–Kier alpha value is -6.90. The maximum absolute atomic E-state index is 5.57. The van der Waals surface area contributed by atoms with Gasteiger partial charge in [-0.1, -0.05) is 152 Å². The molecule has 0 aliphatic rings. The molecule has 0 bridgehead atoms. The molecule has 0 atom stereocenters. The Morgan fingerprint density at radius 1 is 0.278 bits per heavy atom. The summed E-state index contributed by atoms with van der Waals surface area (Å²) in [6.07, 6.45) is 0. The predicted molar refractivity (Wildman–Crippen MR) is 230 cm³/mol. The zero-order chi connectivity index (χ0) is 35.9. The summed E-state index contributed by atoms with van der Waals surface area (Å²) in [7, 11) is 0. The van der Waals surface area contributed by atoms with Crippen molar-refractivity contribution in [3.63, 3.8) is 0 Å². The van der Waals surface area contributed by atoms with Crippen LogP contribution in [-0.2, 0) is 0 Å². The van der Waals surface area contributed by atoms with E-state index in [-0.39, 0.29) is 0 Å². The van der Waals surface area contributed by atoms with Gasteiger partial charge in [0.25, 0.3) is 0 Å². The maximum atomic E-state index is 5.57. The minimum absolute atomic E-state index is 0.985. The Balaban J connectivity index is 1.24. The molecule has 0 amide bonds. The van der Waals surface area contributed by atoms with Crippen LogP contribution in [-0.4, -0.2) is 9.97 Å². The summed E-state index contributed by atoms with van der Waals surface area (Å²) in [5, 5.41) is 14.9. The molecule has 2 heterocycles. The lowest BCUT2D eigenvalue weighted by Gasteiger charge is -2.21. The van der Waals surface area contributed by atoms with Crippen molar-refractivity contribution in [2.24, 2.45) is 0 Å². The molecule has 0 radical (unpaired) electrons. The van der Waals surface area contributed by atoms with Crippen molar-refractivity contribution in [2.45, 2.75) is 13.8 Å². The maximum Gasteiger partial charge on any atom is 0.0791 e. The van der Waals surface area contributed by atoms with Gasteiger partial charge in [0.1, 0.15) is 0 Å². The van der Waals surface area contributed by atoms with Crippen LogP contribution in [0, 0.1) is 13.8 Å². The van der Waals surface area contributed by atoms with Gasteiger partial charge in [0.05, 0.1) is 22.4 Å². The van der Waals surface area contributed by atoms with Crippen molar-refractivity contribution in [1.29, 1.82) is 0 Å². The van der Waals surface area contributed by atoms with Crippen LogP contribution in [0.25, 0.3) is 109 Å². The average molecular weight is 687 g/mol. The molecule has 0 saturated carbocycles. The summed E-state index contributed by atoms with van der Waals surface area (Å²) in [5.41, 5.74) is 11.0. The van der Waals surface area contributed by atoms with Crippen molar-refractivity contribution >= 4 is 75.7 Å². The molecule has 9 aromatic carbocycles. The van der Waals surface area contributed by atoms with E-state index in [1.54, 1.807) is 0 Å². The first kappa shape index (κ1) is 30.7. The van der Waals surface area contributed by atoms with E-state index in [0.29, 0.717) is 0 Å². The lowest BCUT2D eigenvalue weighted by Crippen LogP contribution is -1.99. The standard InChI is InChI=1S/C52H34N2/c1-31-47-42-23-13-14-24-45(42)53-51(33-15-5-3-6-16-33)49(47)32(2)48-43-28-26-36(30-46(43)54-52(50(31)48)34-17-7-4-8-18-34)35-25-27-41-39-21-10-9-19-37(39)38-20-11-12-22-40(38)44(41)29-35/h3-30H,1-2H3. The number of hydrogen-bond acceptors (Lipinski definition) is 2. The molecular formula is C52H34N2. The third kappa shape index (κ3) is 4.47. The third-order valence-electron chi connectivity index (χ3n) is 11.6. The Labute approximate surface area is 313 Å². The van der Waals surface area contributed by atoms with Crippen LogP contribution in [0.4, 0.5) is 0 Å². The quantitative estimate of drug-likeness (QED) is 0.137. The van der Waals surface area contributed by atoms with Crippen LogP contribution < -0.4 is 0 Å². The van der Waals surface area contributed by atoms with Crippen molar-refractivity contribution in [1.82, 2.24) is 9.97 Å². The van der Waals surface area contributed by atoms with Crippen molar-refractivity contribution < 1.29 is 0 Å². The van der Waals surface area contributed by atoms with Gasteiger partial charge in [-0.15, -0.1) is 0 Å². The van der Waals surface area contributed by atoms with Gasteiger partial charge in [0.15, 0.2) is 0 Å². The fraction of sp³-hybridized carbons (Fsp3) is 0.0385. The molecule has 0 fully saturated rings. The smallest absolute Gasteiger partial charge is 0.0791 e. The van der Waals surface area contributed by atoms with Gasteiger partial charge in [-0.05, 0) is 97.4 Å². The molecule has 0 unspecified atom stereocenters. The fourth-order valence-corrected chi connectivity index (χ4v) is 9.11. The monoisotopic (exact) mass is 686 g/mol. The van der Waals surface area contributed by atoms with Crippen LogP contribution >= 0.6 is 0 Å². The van der Waals surface area contributed by atoms with Gasteiger partial charge >= 0.3 is 0 Å². The number of nitrogens with zero attached hydrogens (tertiary/aromatic N) is 2. The van der Waals surface area contributed by atoms with Gasteiger partial charge in [-0.3, -0.25) is 0 Å². The number of aromatic nitrogens is 2. The summed E-state index contributed by atoms with van der Waals surface area (Å²) in [6.45, 7) is 4.57. The van der Waals surface area contributed by atoms with E-state index in [1.807, 2.05) is 0 Å². The Morgan fingerprint density at radius 2 is 0.667 bits per heavy atom. The first-order chi connectivity index (χ1) is 26.6. The Bertz CT molecular complexity index is 3290. The van der Waals surface area contributed by atoms with E-state index in [9.17, 15) is 0 Å². The number of pyridine rings is 2. The average Bonchev–Trinajstić information content (AvgIpc) is 3.24. The molecule has 2 heteroatoms. The number of rotatable bonds is 3. The number of para-hydroxylation sites is 1. The van der Waals surface area contributed by atoms with Crippen LogP contribution in [0.1, 0.15) is 11.1 Å². The summed E-state index contributed by atoms with van der Waals surface area (Å²) >= 11 is 0. The number of hydrogen-bond donors (Lipinski definition) is 0. The molecule has 11 rings (SSSR count). The molecule has 0 saturated heterocycles. The second-order valence-electron chi connectivity index (χ2n) is 14.5. The van der Waals surface area contributed by atoms with Gasteiger partial charge in [-0.2, -0.15) is 0 Å². The summed E-state index contributed by atoms with van der Waals surface area (Å²) in [5.74, 6) is 0. The van der Waals surface area contributed by atoms with Gasteiger partial charge in [0.2, 0.25) is 0 Å². The van der Waals surface area contributed by atoms with E-state index in [1.165, 1.54) is 75.9 Å². The second kappa shape index (κ2) is 11.8. The van der Waals surface area contributed by atoms with Crippen molar-refractivity contribution in [2.75, 3.05) is 0 Å². The van der Waals surface area contributed by atoms with E-state index in [0.717, 1.165) is 44.5 Å². The van der Waals surface area contributed by atoms with E-state index in [2.05, 4.69) is 184 Å². The summed E-state index contributed by atoms with van der Waals surface area (Å²) in [6, 6.07) is 61.3. The fourth-order valence-electron chi connectivity index (χ4n) is 9.11. The highest BCUT2D eigenvalue weighted by Crippen LogP contribution is 2.46. The minimum Gasteiger partial charge on any atom is -0.247 e. The highest BCUT2D eigenvalue weighted by molar-refractivity contribution is 6.27. The van der Waals surface area contributed by atoms with Crippen LogP contribution in [0.15, 0.2) is 170 Å². The highest BCUT2D eigenvalue weighted by atomic mass is 14.7. The Kier molecular flexibility index (Phi) is 6.72. The lowest BCUT2D eigenvalue weighted by atomic mass is 9.85. The van der Waals surface area contributed by atoms with E-state index in [4.69, 9.17) is 9.97 Å². The molecule has 0 aliphatic carbocycles. The first-order valence-electron chi connectivity index (χ1n) is 18.7. The molecule has 11 aromatic rings. The predicted octanol–water partition coefficient (Wildman–Crippen LogP) is 14.2. The molecular weight excluding hydrogens is 653 g/mol. The number of benzene rings is 9. The van der Waals surface area contributed by atoms with E-state index >= 15 is 0 Å². The van der Waals surface area contributed by atoms with Gasteiger partial charge < -0.3 is 0 Å². The van der Waals surface area contributed by atoms with Gasteiger partial charge in [-0.25, -0.2) is 9.97 Å². The second-order valence-corrected chi connectivity index (χ2v) is 14.5. The van der Waals surface area contributed by atoms with E-state index < -0.39 is 0 Å². The largest absolute Gasteiger partial charge is 0.247 e. The summed E-state index contributed by atoms with van der Waals surface area (Å²) < 4.78 is 0. The van der Waals surface area contributed by atoms with Crippen LogP contribution in [0.5, 0.6) is 0 Å². The molecule has 2 aromatic heterocycles. The summed E-state index contributed by atoms with van der Waals surface area (Å²) in [4.78, 5) is 10.9. The zero-order valence-electron chi connectivity index (χ0n) is 30.1. The molecule has 252 valence electrons. The Morgan fingerprint density at radius 3 is 1.22 bits per heavy atom. The highest BCUT2D eigenvalue weighted by Gasteiger charge is 2.23. The first-order valence-corrected chi connectivity index (χ1v) is 18.7. The SMILES string of the molecule is Cc1c2c(-c3ccccc3)nc3cc(-c4ccc5c6ccccc6c6ccccc6c5c4)ccc3c2c(C)c2c(-c3ccccc3)nc3ccccc3c12.